The van der Waals surface area contributed by atoms with Crippen LogP contribution in [0.2, 0.25) is 0 Å². The highest BCUT2D eigenvalue weighted by atomic mass is 19.1. The molecule has 2 aromatic rings. The van der Waals surface area contributed by atoms with Gasteiger partial charge in [-0.1, -0.05) is 0 Å². The highest BCUT2D eigenvalue weighted by molar-refractivity contribution is 5.63. The van der Waals surface area contributed by atoms with Crippen LogP contribution < -0.4 is 0 Å². The molecule has 0 bridgehead atoms. The summed E-state index contributed by atoms with van der Waals surface area (Å²) in [5.41, 5.74) is 0.221. The van der Waals surface area contributed by atoms with Crippen molar-refractivity contribution in [3.8, 4) is 23.1 Å². The molecule has 0 aliphatic heterocycles. The molecule has 0 unspecified atom stereocenters. The Balaban J connectivity index is 2.58. The first-order valence-corrected chi connectivity index (χ1v) is 4.66. The Kier molecular flexibility index (Phi) is 2.71. The van der Waals surface area contributed by atoms with Crippen LogP contribution in [0.15, 0.2) is 30.5 Å². The predicted octanol–water partition coefficient (Wildman–Crippen LogP) is 2.60. The molecule has 0 amide bonds. The third-order valence-electron chi connectivity index (χ3n) is 2.21. The number of hydrogen-bond donors (Lipinski definition) is 1. The van der Waals surface area contributed by atoms with E-state index in [1.54, 1.807) is 6.07 Å². The van der Waals surface area contributed by atoms with Crippen molar-refractivity contribution in [2.75, 3.05) is 0 Å². The Morgan fingerprint density at radius 1 is 1.24 bits per heavy atom. The van der Waals surface area contributed by atoms with Gasteiger partial charge in [0.25, 0.3) is 0 Å². The monoisotopic (exact) mass is 232 g/mol. The van der Waals surface area contributed by atoms with E-state index in [4.69, 9.17) is 5.26 Å². The molecular weight excluding hydrogens is 226 g/mol. The van der Waals surface area contributed by atoms with Gasteiger partial charge in [-0.05, 0) is 18.2 Å². The number of halogens is 2. The molecule has 5 heteroatoms. The van der Waals surface area contributed by atoms with Gasteiger partial charge in [0.05, 0.1) is 17.5 Å². The Labute approximate surface area is 95.6 Å². The van der Waals surface area contributed by atoms with Gasteiger partial charge in [-0.2, -0.15) is 5.26 Å². The van der Waals surface area contributed by atoms with Crippen molar-refractivity contribution < 1.29 is 13.9 Å². The number of aromatic hydroxyl groups is 1. The number of nitriles is 1. The number of pyridine rings is 1. The summed E-state index contributed by atoms with van der Waals surface area (Å²) in [6.45, 7) is 0. The average molecular weight is 232 g/mol. The summed E-state index contributed by atoms with van der Waals surface area (Å²) in [7, 11) is 0. The maximum atomic E-state index is 13.4. The summed E-state index contributed by atoms with van der Waals surface area (Å²) in [5.74, 6) is -1.74. The molecule has 0 spiro atoms. The Morgan fingerprint density at radius 3 is 2.65 bits per heavy atom. The minimum absolute atomic E-state index is 0.0151. The van der Waals surface area contributed by atoms with E-state index in [2.05, 4.69) is 4.98 Å². The zero-order valence-electron chi connectivity index (χ0n) is 8.48. The fraction of sp³-hybridized carbons (Fsp3) is 0. The summed E-state index contributed by atoms with van der Waals surface area (Å²) in [4.78, 5) is 3.78. The lowest BCUT2D eigenvalue weighted by molar-refractivity contribution is 0.471. The molecule has 0 radical (unpaired) electrons. The maximum absolute atomic E-state index is 13.4. The van der Waals surface area contributed by atoms with Crippen LogP contribution in [0.5, 0.6) is 5.75 Å². The molecular formula is C12H6F2N2O. The molecule has 17 heavy (non-hydrogen) atoms. The lowest BCUT2D eigenvalue weighted by Gasteiger charge is -2.03. The molecule has 1 aromatic heterocycles. The largest absolute Gasteiger partial charge is 0.505 e. The van der Waals surface area contributed by atoms with E-state index in [-0.39, 0.29) is 22.6 Å². The van der Waals surface area contributed by atoms with E-state index < -0.39 is 11.6 Å². The molecule has 0 aliphatic carbocycles. The van der Waals surface area contributed by atoms with E-state index >= 15 is 0 Å². The second kappa shape index (κ2) is 4.18. The Hall–Kier alpha value is -2.48. The van der Waals surface area contributed by atoms with Gasteiger partial charge in [0, 0.05) is 11.6 Å². The first-order valence-electron chi connectivity index (χ1n) is 4.66. The lowest BCUT2D eigenvalue weighted by atomic mass is 10.1. The molecule has 0 aliphatic rings. The van der Waals surface area contributed by atoms with E-state index in [0.29, 0.717) is 0 Å². The van der Waals surface area contributed by atoms with Crippen LogP contribution in [0.3, 0.4) is 0 Å². The van der Waals surface area contributed by atoms with Crippen molar-refractivity contribution in [2.24, 2.45) is 0 Å². The topological polar surface area (TPSA) is 56.9 Å². The zero-order chi connectivity index (χ0) is 12.4. The summed E-state index contributed by atoms with van der Waals surface area (Å²) in [6.07, 6.45) is 1.05. The minimum atomic E-state index is -0.771. The number of nitrogens with zero attached hydrogens (tertiary/aromatic N) is 2. The van der Waals surface area contributed by atoms with Crippen molar-refractivity contribution in [3.63, 3.8) is 0 Å². The van der Waals surface area contributed by atoms with Crippen LogP contribution in [0, 0.1) is 23.0 Å². The molecule has 1 aromatic carbocycles. The maximum Gasteiger partial charge on any atom is 0.151 e. The fourth-order valence-corrected chi connectivity index (χ4v) is 1.38. The summed E-state index contributed by atoms with van der Waals surface area (Å²) in [6, 6.07) is 6.05. The highest BCUT2D eigenvalue weighted by Crippen LogP contribution is 2.25. The quantitative estimate of drug-likeness (QED) is 0.822. The van der Waals surface area contributed by atoms with Crippen LogP contribution in [0.4, 0.5) is 8.78 Å². The van der Waals surface area contributed by atoms with E-state index in [1.165, 1.54) is 12.1 Å². The third kappa shape index (κ3) is 2.06. The van der Waals surface area contributed by atoms with Crippen LogP contribution in [0.1, 0.15) is 5.56 Å². The molecule has 3 nitrogen and oxygen atoms in total. The van der Waals surface area contributed by atoms with Gasteiger partial charge in [0.2, 0.25) is 0 Å². The van der Waals surface area contributed by atoms with Crippen LogP contribution >= 0.6 is 0 Å². The van der Waals surface area contributed by atoms with E-state index in [9.17, 15) is 13.9 Å². The number of hydrogen-bond acceptors (Lipinski definition) is 3. The van der Waals surface area contributed by atoms with Gasteiger partial charge in [-0.15, -0.1) is 0 Å². The number of aromatic nitrogens is 1. The third-order valence-corrected chi connectivity index (χ3v) is 2.21. The van der Waals surface area contributed by atoms with Gasteiger partial charge < -0.3 is 5.11 Å². The second-order valence-electron chi connectivity index (χ2n) is 3.32. The van der Waals surface area contributed by atoms with Gasteiger partial charge in [0.15, 0.2) is 5.75 Å². The first kappa shape index (κ1) is 11.0. The van der Waals surface area contributed by atoms with E-state index in [1.807, 2.05) is 0 Å². The van der Waals surface area contributed by atoms with Gasteiger partial charge in [-0.3, -0.25) is 4.98 Å². The standard InChI is InChI=1S/C12H6F2N2O/c13-8-1-2-9(10(14)4-8)11-3-7(5-15)12(17)6-16-11/h1-4,6,17H. The van der Waals surface area contributed by atoms with Crippen molar-refractivity contribution in [2.45, 2.75) is 0 Å². The average Bonchev–Trinajstić information content (AvgIpc) is 2.30. The molecule has 1 heterocycles. The molecule has 2 rings (SSSR count). The number of benzene rings is 1. The molecule has 84 valence electrons. The van der Waals surface area contributed by atoms with Crippen LogP contribution in [-0.2, 0) is 0 Å². The Bertz CT molecular complexity index is 620. The number of rotatable bonds is 1. The highest BCUT2D eigenvalue weighted by Gasteiger charge is 2.10. The van der Waals surface area contributed by atoms with Gasteiger partial charge >= 0.3 is 0 Å². The predicted molar refractivity (Wildman–Crippen MR) is 56.0 cm³/mol. The van der Waals surface area contributed by atoms with Gasteiger partial charge in [-0.25, -0.2) is 8.78 Å². The summed E-state index contributed by atoms with van der Waals surface area (Å²) in [5, 5.41) is 18.0. The fourth-order valence-electron chi connectivity index (χ4n) is 1.38. The molecule has 0 atom stereocenters. The summed E-state index contributed by atoms with van der Waals surface area (Å²) < 4.78 is 26.2. The molecule has 0 saturated carbocycles. The summed E-state index contributed by atoms with van der Waals surface area (Å²) >= 11 is 0. The van der Waals surface area contributed by atoms with Crippen molar-refractivity contribution in [1.82, 2.24) is 4.98 Å². The normalized spacial score (nSPS) is 9.94. The minimum Gasteiger partial charge on any atom is -0.505 e. The van der Waals surface area contributed by atoms with Crippen LogP contribution in [-0.4, -0.2) is 10.1 Å². The van der Waals surface area contributed by atoms with E-state index in [0.717, 1.165) is 18.3 Å². The second-order valence-corrected chi connectivity index (χ2v) is 3.32. The van der Waals surface area contributed by atoms with Crippen molar-refractivity contribution in [3.05, 3.63) is 47.7 Å². The lowest BCUT2D eigenvalue weighted by Crippen LogP contribution is -1.90. The van der Waals surface area contributed by atoms with Crippen molar-refractivity contribution >= 4 is 0 Å². The molecule has 0 fully saturated rings. The SMILES string of the molecule is N#Cc1cc(-c2ccc(F)cc2F)ncc1O. The van der Waals surface area contributed by atoms with Crippen LogP contribution in [0.25, 0.3) is 11.3 Å². The van der Waals surface area contributed by atoms with Crippen molar-refractivity contribution in [1.29, 1.82) is 5.26 Å². The smallest absolute Gasteiger partial charge is 0.151 e. The molecule has 1 N–H and O–H groups in total. The zero-order valence-corrected chi connectivity index (χ0v) is 8.48. The Morgan fingerprint density at radius 2 is 2.00 bits per heavy atom. The first-order chi connectivity index (χ1) is 8.11. The molecule has 0 saturated heterocycles. The van der Waals surface area contributed by atoms with Gasteiger partial charge in [0.1, 0.15) is 17.7 Å².